The van der Waals surface area contributed by atoms with Gasteiger partial charge in [0.25, 0.3) is 0 Å². The van der Waals surface area contributed by atoms with E-state index in [4.69, 9.17) is 5.11 Å². The summed E-state index contributed by atoms with van der Waals surface area (Å²) >= 11 is 0. The number of allylic oxidation sites excluding steroid dienone is 1. The summed E-state index contributed by atoms with van der Waals surface area (Å²) < 4.78 is 0. The second-order valence-electron chi connectivity index (χ2n) is 3.59. The summed E-state index contributed by atoms with van der Waals surface area (Å²) in [4.78, 5) is 10.3. The van der Waals surface area contributed by atoms with Gasteiger partial charge in [0.1, 0.15) is 12.0 Å². The Bertz CT molecular complexity index is 205. The molecular formula is C8H11NO2. The molecule has 0 aromatic rings. The summed E-state index contributed by atoms with van der Waals surface area (Å²) in [6, 6.07) is 0. The van der Waals surface area contributed by atoms with Gasteiger partial charge in [-0.15, -0.1) is 0 Å². The topological polar surface area (TPSA) is 49.3 Å². The quantitative estimate of drug-likeness (QED) is 0.357. The summed E-state index contributed by atoms with van der Waals surface area (Å²) in [5.41, 5.74) is 0.489. The molecular weight excluding hydrogens is 142 g/mol. The van der Waals surface area contributed by atoms with Gasteiger partial charge in [-0.1, -0.05) is 0 Å². The van der Waals surface area contributed by atoms with Crippen LogP contribution in [0.4, 0.5) is 0 Å². The zero-order valence-corrected chi connectivity index (χ0v) is 6.21. The Balaban J connectivity index is 1.93. The first kappa shape index (κ1) is 6.70. The molecule has 0 spiro atoms. The molecule has 0 saturated heterocycles. The predicted octanol–water partition coefficient (Wildman–Crippen LogP) is 0.727. The van der Waals surface area contributed by atoms with Crippen molar-refractivity contribution < 1.29 is 9.90 Å². The highest BCUT2D eigenvalue weighted by Crippen LogP contribution is 2.57. The van der Waals surface area contributed by atoms with Crippen LogP contribution in [0.25, 0.3) is 0 Å². The molecule has 3 aliphatic carbocycles. The second kappa shape index (κ2) is 2.00. The Labute approximate surface area is 65.1 Å². The van der Waals surface area contributed by atoms with Crippen LogP contribution in [0.2, 0.25) is 0 Å². The second-order valence-corrected chi connectivity index (χ2v) is 3.59. The molecule has 0 radical (unpaired) electrons. The molecule has 3 rings (SSSR count). The van der Waals surface area contributed by atoms with Crippen molar-refractivity contribution in [3.05, 3.63) is 12.0 Å². The van der Waals surface area contributed by atoms with Crippen molar-refractivity contribution in [1.29, 1.82) is 0 Å². The van der Waals surface area contributed by atoms with E-state index in [1.807, 2.05) is 0 Å². The van der Waals surface area contributed by atoms with Crippen LogP contribution in [0.1, 0.15) is 19.3 Å². The van der Waals surface area contributed by atoms with Gasteiger partial charge in [-0.3, -0.25) is 4.79 Å². The fraction of sp³-hybridized carbons (Fsp3) is 0.625. The van der Waals surface area contributed by atoms with Gasteiger partial charge in [0, 0.05) is 5.54 Å². The van der Waals surface area contributed by atoms with Crippen LogP contribution >= 0.6 is 0 Å². The highest BCUT2D eigenvalue weighted by atomic mass is 16.2. The Morgan fingerprint density at radius 1 is 1.55 bits per heavy atom. The molecule has 3 saturated carbocycles. The predicted molar refractivity (Wildman–Crippen MR) is 40.0 cm³/mol. The highest BCUT2D eigenvalue weighted by molar-refractivity contribution is 5.72. The van der Waals surface area contributed by atoms with Crippen molar-refractivity contribution in [2.75, 3.05) is 0 Å². The monoisotopic (exact) mass is 153 g/mol. The Morgan fingerprint density at radius 2 is 2.18 bits per heavy atom. The van der Waals surface area contributed by atoms with Crippen molar-refractivity contribution in [3.8, 4) is 0 Å². The maximum absolute atomic E-state index is 10.3. The number of hydrogen-bond acceptors (Lipinski definition) is 3. The molecule has 0 aromatic heterocycles. The van der Waals surface area contributed by atoms with E-state index >= 15 is 0 Å². The van der Waals surface area contributed by atoms with Crippen molar-refractivity contribution >= 4 is 6.29 Å². The molecule has 3 fully saturated rings. The fourth-order valence-corrected chi connectivity index (χ4v) is 2.03. The lowest BCUT2D eigenvalue weighted by Crippen LogP contribution is -2.66. The number of carbonyl (C=O) groups excluding carboxylic acids is 1. The molecule has 3 heteroatoms. The maximum atomic E-state index is 10.3. The Kier molecular flexibility index (Phi) is 1.22. The van der Waals surface area contributed by atoms with Crippen LogP contribution in [0, 0.1) is 5.92 Å². The summed E-state index contributed by atoms with van der Waals surface area (Å²) in [5, 5.41) is 11.6. The van der Waals surface area contributed by atoms with Gasteiger partial charge in [0.2, 0.25) is 0 Å². The molecule has 0 aromatic carbocycles. The van der Waals surface area contributed by atoms with Gasteiger partial charge < -0.3 is 10.4 Å². The number of aliphatic hydroxyl groups is 1. The van der Waals surface area contributed by atoms with Crippen LogP contribution in [-0.4, -0.2) is 16.9 Å². The van der Waals surface area contributed by atoms with Gasteiger partial charge in [-0.2, -0.15) is 0 Å². The number of hydrogen-bond donors (Lipinski definition) is 2. The number of carbonyl (C=O) groups is 1. The zero-order chi connectivity index (χ0) is 7.90. The van der Waals surface area contributed by atoms with E-state index < -0.39 is 0 Å². The molecule has 2 bridgehead atoms. The molecule has 0 atom stereocenters. The van der Waals surface area contributed by atoms with Crippen LogP contribution in [0.15, 0.2) is 12.0 Å². The van der Waals surface area contributed by atoms with E-state index in [-0.39, 0.29) is 5.54 Å². The van der Waals surface area contributed by atoms with Gasteiger partial charge in [0.15, 0.2) is 6.29 Å². The first-order chi connectivity index (χ1) is 5.28. The summed E-state index contributed by atoms with van der Waals surface area (Å²) in [7, 11) is 0. The molecule has 11 heavy (non-hydrogen) atoms. The van der Waals surface area contributed by atoms with E-state index in [0.717, 1.165) is 31.4 Å². The lowest BCUT2D eigenvalue weighted by atomic mass is 9.50. The third-order valence-electron chi connectivity index (χ3n) is 2.71. The molecule has 3 nitrogen and oxygen atoms in total. The smallest absolute Gasteiger partial charge is 0.169 e. The van der Waals surface area contributed by atoms with Crippen molar-refractivity contribution in [2.45, 2.75) is 24.8 Å². The van der Waals surface area contributed by atoms with Crippen LogP contribution < -0.4 is 5.32 Å². The minimum atomic E-state index is 0.181. The lowest BCUT2D eigenvalue weighted by molar-refractivity contribution is -0.107. The Morgan fingerprint density at radius 3 is 2.45 bits per heavy atom. The van der Waals surface area contributed by atoms with E-state index in [1.54, 1.807) is 0 Å². The number of nitrogens with one attached hydrogen (secondary N) is 1. The number of aliphatic hydroxyl groups excluding tert-OH is 1. The summed E-state index contributed by atoms with van der Waals surface area (Å²) in [5.74, 6) is 0.883. The minimum absolute atomic E-state index is 0.181. The van der Waals surface area contributed by atoms with Gasteiger partial charge >= 0.3 is 0 Å². The molecule has 0 aliphatic heterocycles. The number of rotatable bonds is 3. The standard InChI is InChI=1S/C8H11NO2/c10-4-7(5-11)9-8-1-6(2-8)3-8/h4-6,9-10H,1-3H2. The van der Waals surface area contributed by atoms with Crippen molar-refractivity contribution in [2.24, 2.45) is 5.92 Å². The van der Waals surface area contributed by atoms with Crippen LogP contribution in [-0.2, 0) is 4.79 Å². The third-order valence-corrected chi connectivity index (χ3v) is 2.71. The van der Waals surface area contributed by atoms with Crippen LogP contribution in [0.5, 0.6) is 0 Å². The largest absolute Gasteiger partial charge is 0.513 e. The highest BCUT2D eigenvalue weighted by Gasteiger charge is 2.56. The third kappa shape index (κ3) is 0.836. The average Bonchev–Trinajstić information content (AvgIpc) is 1.84. The first-order valence-corrected chi connectivity index (χ1v) is 3.86. The van der Waals surface area contributed by atoms with Gasteiger partial charge in [0.05, 0.1) is 0 Å². The average molecular weight is 153 g/mol. The molecule has 3 aliphatic rings. The minimum Gasteiger partial charge on any atom is -0.513 e. The normalized spacial score (nSPS) is 40.4. The molecule has 0 unspecified atom stereocenters. The fourth-order valence-electron chi connectivity index (χ4n) is 2.03. The van der Waals surface area contributed by atoms with Crippen molar-refractivity contribution in [1.82, 2.24) is 5.32 Å². The van der Waals surface area contributed by atoms with E-state index in [0.29, 0.717) is 12.0 Å². The van der Waals surface area contributed by atoms with Crippen LogP contribution in [0.3, 0.4) is 0 Å². The summed E-state index contributed by atoms with van der Waals surface area (Å²) in [6.45, 7) is 0. The van der Waals surface area contributed by atoms with Gasteiger partial charge in [-0.25, -0.2) is 0 Å². The van der Waals surface area contributed by atoms with Crippen molar-refractivity contribution in [3.63, 3.8) is 0 Å². The lowest BCUT2D eigenvalue weighted by Gasteiger charge is -2.62. The first-order valence-electron chi connectivity index (χ1n) is 3.86. The summed E-state index contributed by atoms with van der Waals surface area (Å²) in [6.07, 6.45) is 4.99. The van der Waals surface area contributed by atoms with E-state index in [2.05, 4.69) is 5.32 Å². The molecule has 0 heterocycles. The zero-order valence-electron chi connectivity index (χ0n) is 6.21. The Hall–Kier alpha value is -0.990. The maximum Gasteiger partial charge on any atom is 0.169 e. The van der Waals surface area contributed by atoms with E-state index in [1.165, 1.54) is 0 Å². The molecule has 2 N–H and O–H groups in total. The molecule has 60 valence electrons. The molecule has 0 amide bonds. The van der Waals surface area contributed by atoms with Gasteiger partial charge in [-0.05, 0) is 25.2 Å². The SMILES string of the molecule is O=CC(=CO)NC12CC(C1)C2. The number of aldehydes is 1. The van der Waals surface area contributed by atoms with E-state index in [9.17, 15) is 4.79 Å².